The second kappa shape index (κ2) is 26.8. The second-order valence-corrected chi connectivity index (χ2v) is 24.9. The summed E-state index contributed by atoms with van der Waals surface area (Å²) in [7, 11) is -22.3. The van der Waals surface area contributed by atoms with Gasteiger partial charge in [-0.2, -0.15) is 4.98 Å². The molecule has 9 rings (SSSR count). The standard InChI is InChI=1S/C37H51N15O25P4.3Na/c1-37(2,3)34(58)74-22-14(72-32(21(22)55)52-12-49(4)18-28(52)46-36(40)48-30(18)57)7-69-79(61,62)76-81(65,66)77-80(63,64)70-8-15-23(24(67-5)33(73-15)50-10-43-16-25(38)41-9-42-26(16)50)75-78(59,60)68-6-13-19(53)20(54)31(71-13)51-11-44-17-27(51)45-35(39)47-29(17)56;;;/h9-15,19-24,31-33,53-55H,6-8H2,1-5H3,(H11-,38,39,40,41,42,45,46,47,48,56,57,59,60,61,62,63,64,65,66);;;/q;3*+1/p-2/t13-,14-,15-,19-,20-,21-,22-,23-,24-,31-,32-,33-;;;/m1.../s1. The number of aromatic amines is 2. The Kier molecular flexibility index (Phi) is 22.5. The van der Waals surface area contributed by atoms with E-state index in [2.05, 4.69) is 48.5 Å². The molecule has 3 aliphatic heterocycles. The van der Waals surface area contributed by atoms with Crippen molar-refractivity contribution >= 4 is 88.5 Å². The number of hydrogen-bond donors (Lipinski definition) is 9. The molecule has 0 amide bonds. The summed E-state index contributed by atoms with van der Waals surface area (Å²) in [4.78, 5) is 117. The van der Waals surface area contributed by atoms with Gasteiger partial charge in [0.05, 0.1) is 44.9 Å². The zero-order valence-electron chi connectivity index (χ0n) is 45.2. The van der Waals surface area contributed by atoms with Gasteiger partial charge < -0.3 is 84.8 Å². The number of nitrogens with one attached hydrogen (secondary N) is 2. The smallest absolute Gasteiger partial charge is 0.756 e. The number of imidazole rings is 3. The fourth-order valence-electron chi connectivity index (χ4n) is 8.70. The number of rotatable bonds is 20. The summed E-state index contributed by atoms with van der Waals surface area (Å²) < 4.78 is 114. The third-order valence-electron chi connectivity index (χ3n) is 12.4. The van der Waals surface area contributed by atoms with Crippen LogP contribution in [0.5, 0.6) is 0 Å². The summed E-state index contributed by atoms with van der Waals surface area (Å²) in [5.74, 6) is -1.73. The Balaban J connectivity index is 0.00000377. The minimum atomic E-state index is -6.65. The van der Waals surface area contributed by atoms with E-state index in [0.717, 1.165) is 39.8 Å². The molecule has 3 fully saturated rings. The number of nitrogens with two attached hydrogens (primary N) is 3. The Hall–Kier alpha value is -2.64. The van der Waals surface area contributed by atoms with E-state index < -0.39 is 147 Å². The van der Waals surface area contributed by atoms with Gasteiger partial charge >= 0.3 is 108 Å². The van der Waals surface area contributed by atoms with Gasteiger partial charge in [-0.3, -0.25) is 60.8 Å². The molecule has 0 bridgehead atoms. The number of nitrogen functional groups attached to an aromatic ring is 3. The van der Waals surface area contributed by atoms with Crippen LogP contribution in [0.15, 0.2) is 34.9 Å². The Morgan fingerprint density at radius 3 is 1.90 bits per heavy atom. The van der Waals surface area contributed by atoms with Crippen molar-refractivity contribution in [3.8, 4) is 0 Å². The van der Waals surface area contributed by atoms with E-state index >= 15 is 0 Å². The molecular formula is C37H49N15Na3O25P4+. The second-order valence-electron chi connectivity index (χ2n) is 19.0. The molecule has 6 aromatic rings. The number of methoxy groups -OCH3 is 1. The van der Waals surface area contributed by atoms with Crippen LogP contribution in [-0.4, -0.2) is 162 Å². The van der Waals surface area contributed by atoms with Crippen molar-refractivity contribution in [1.29, 1.82) is 0 Å². The number of aliphatic hydroxyl groups excluding tert-OH is 3. The van der Waals surface area contributed by atoms with Gasteiger partial charge in [-0.25, -0.2) is 37.7 Å². The van der Waals surface area contributed by atoms with Crippen LogP contribution < -0.4 is 136 Å². The average molecular weight is 1300 g/mol. The molecule has 0 radical (unpaired) electrons. The van der Waals surface area contributed by atoms with Crippen LogP contribution in [0.3, 0.4) is 0 Å². The third kappa shape index (κ3) is 15.0. The monoisotopic (exact) mass is 1300 g/mol. The number of phosphoric acid groups is 4. The Morgan fingerprint density at radius 2 is 1.29 bits per heavy atom. The van der Waals surface area contributed by atoms with E-state index in [1.807, 2.05) is 0 Å². The van der Waals surface area contributed by atoms with Gasteiger partial charge in [0.2, 0.25) is 17.7 Å². The fourth-order valence-corrected chi connectivity index (χ4v) is 13.0. The van der Waals surface area contributed by atoms with Gasteiger partial charge in [-0.05, 0) is 20.8 Å². The molecule has 3 saturated heterocycles. The van der Waals surface area contributed by atoms with Gasteiger partial charge in [0.15, 0.2) is 53.6 Å². The number of aromatic nitrogens is 12. The van der Waals surface area contributed by atoms with Gasteiger partial charge in [0, 0.05) is 7.11 Å². The minimum Gasteiger partial charge on any atom is -0.756 e. The van der Waals surface area contributed by atoms with Crippen molar-refractivity contribution in [3.63, 3.8) is 0 Å². The topological polar surface area (TPSA) is 577 Å². The number of hydrogen-bond acceptors (Lipinski definition) is 33. The van der Waals surface area contributed by atoms with Crippen molar-refractivity contribution in [1.82, 2.24) is 53.6 Å². The van der Waals surface area contributed by atoms with Crippen LogP contribution in [0.2, 0.25) is 0 Å². The Labute approximate surface area is 536 Å². The maximum Gasteiger partial charge on any atom is 1.00 e. The van der Waals surface area contributed by atoms with Gasteiger partial charge in [-0.15, -0.1) is 0 Å². The van der Waals surface area contributed by atoms with Gasteiger partial charge in [0.1, 0.15) is 54.6 Å². The van der Waals surface area contributed by atoms with Crippen molar-refractivity contribution in [2.75, 3.05) is 44.1 Å². The molecule has 16 atom stereocenters. The van der Waals surface area contributed by atoms with Crippen molar-refractivity contribution in [3.05, 3.63) is 46.0 Å². The molecule has 0 aliphatic carbocycles. The summed E-state index contributed by atoms with van der Waals surface area (Å²) in [6, 6.07) is 0. The first-order valence-corrected chi connectivity index (χ1v) is 29.1. The van der Waals surface area contributed by atoms with Crippen LogP contribution >= 0.6 is 31.3 Å². The number of ether oxygens (including phenoxy) is 5. The maximum atomic E-state index is 13.7. The summed E-state index contributed by atoms with van der Waals surface area (Å²) >= 11 is 0. The SMILES string of the molecule is CO[C@@H]1[C@H](OP(=O)(O)OC[C@H]2O[C@@H](n3cnc4c(=O)[nH]c(N)nc43)[C@H](O)[C@@H]2O)[C@@H](COP(=O)([O-])OP(=O)([O-])OP(=O)([O-])OC[C@H]2O[C@@H]([n+]3cn(C)c4c(=O)[nH]c(N)nc43)[C@H](O)[C@@H]2OC(=O)C(C)(C)C)O[C@H]1n1cnc2c(N)ncnc21.[Na+].[Na+].[Na+]. The predicted octanol–water partition coefficient (Wildman–Crippen LogP) is -14.0. The number of carbonyl (C=O) groups excluding carboxylic acids is 1. The number of anilines is 3. The summed E-state index contributed by atoms with van der Waals surface area (Å²) in [6.45, 7) is 0.647. The van der Waals surface area contributed by atoms with Crippen LogP contribution in [0.25, 0.3) is 33.5 Å². The molecule has 84 heavy (non-hydrogen) atoms. The molecule has 4 unspecified atom stereocenters. The summed E-state index contributed by atoms with van der Waals surface area (Å²) in [5.41, 5.74) is 14.0. The zero-order chi connectivity index (χ0) is 59.1. The number of aryl methyl sites for hydroxylation is 1. The average Bonchev–Trinajstić information content (AvgIpc) is 1.86. The number of esters is 1. The summed E-state index contributed by atoms with van der Waals surface area (Å²) in [6.07, 6.45) is -16.4. The minimum absolute atomic E-state index is 0. The van der Waals surface area contributed by atoms with Crippen LogP contribution in [0.4, 0.5) is 17.7 Å². The van der Waals surface area contributed by atoms with E-state index in [4.69, 9.17) is 59.0 Å². The molecule has 40 nitrogen and oxygen atoms in total. The van der Waals surface area contributed by atoms with Crippen molar-refractivity contribution in [2.45, 2.75) is 94.4 Å². The van der Waals surface area contributed by atoms with Crippen molar-refractivity contribution in [2.24, 2.45) is 12.5 Å². The van der Waals surface area contributed by atoms with E-state index in [1.165, 1.54) is 38.7 Å². The molecule has 0 aromatic carbocycles. The zero-order valence-corrected chi connectivity index (χ0v) is 54.8. The molecule has 444 valence electrons. The Bertz CT molecular complexity index is 3720. The maximum absolute atomic E-state index is 13.7. The molecule has 0 saturated carbocycles. The van der Waals surface area contributed by atoms with Gasteiger partial charge in [-0.1, -0.05) is 4.98 Å². The van der Waals surface area contributed by atoms with E-state index in [0.29, 0.717) is 0 Å². The number of fused-ring (bicyclic) bond motifs is 3. The number of carbonyl (C=O) groups is 1. The van der Waals surface area contributed by atoms with Crippen LogP contribution in [0, 0.1) is 5.41 Å². The first-order chi connectivity index (χ1) is 37.8. The molecule has 12 N–H and O–H groups in total. The quantitative estimate of drug-likeness (QED) is 0.0148. The molecule has 47 heteroatoms. The number of H-pyrrole nitrogens is 2. The Morgan fingerprint density at radius 1 is 0.726 bits per heavy atom. The molecule has 9 heterocycles. The molecule has 6 aromatic heterocycles. The van der Waals surface area contributed by atoms with Crippen LogP contribution in [-0.2, 0) is 80.5 Å². The predicted molar refractivity (Wildman–Crippen MR) is 256 cm³/mol. The van der Waals surface area contributed by atoms with E-state index in [1.54, 1.807) is 0 Å². The molecular weight excluding hydrogens is 1250 g/mol. The fraction of sp³-hybridized carbons (Fsp3) is 0.568. The molecule has 0 spiro atoms. The third-order valence-corrected chi connectivity index (χ3v) is 17.5. The normalized spacial score (nSPS) is 28.2. The summed E-state index contributed by atoms with van der Waals surface area (Å²) in [5, 5.41) is 33.2. The first-order valence-electron chi connectivity index (χ1n) is 23.2. The largest absolute Gasteiger partial charge is 1.00 e. The van der Waals surface area contributed by atoms with Crippen LogP contribution in [0.1, 0.15) is 39.5 Å². The van der Waals surface area contributed by atoms with Gasteiger partial charge in [0.25, 0.3) is 40.5 Å². The molecule has 3 aliphatic rings. The van der Waals surface area contributed by atoms with E-state index in [-0.39, 0.29) is 140 Å². The number of phosphoric ester groups is 3. The number of aliphatic hydroxyl groups is 3. The van der Waals surface area contributed by atoms with Crippen molar-refractivity contribution < 1.29 is 202 Å². The van der Waals surface area contributed by atoms with E-state index in [9.17, 15) is 67.5 Å². The number of nitrogens with zero attached hydrogens (tertiary/aromatic N) is 10. The first kappa shape index (κ1) is 70.4.